The van der Waals surface area contributed by atoms with Crippen molar-refractivity contribution in [3.05, 3.63) is 12.7 Å². The van der Waals surface area contributed by atoms with Gasteiger partial charge in [0.2, 0.25) is 0 Å². The third-order valence-corrected chi connectivity index (χ3v) is 6.52. The molecule has 4 unspecified atom stereocenters. The van der Waals surface area contributed by atoms with E-state index in [9.17, 15) is 18.4 Å². The minimum Gasteiger partial charge on any atom is -0.462 e. The summed E-state index contributed by atoms with van der Waals surface area (Å²) in [4.78, 5) is 36.2. The number of nitrogens with two attached hydrogens (primary N) is 1. The van der Waals surface area contributed by atoms with Gasteiger partial charge in [-0.05, 0) is 34.6 Å². The van der Waals surface area contributed by atoms with Crippen LogP contribution in [0.4, 0.5) is 14.6 Å². The number of nitrogens with one attached hydrogen (secondary N) is 2. The van der Waals surface area contributed by atoms with Crippen LogP contribution in [0.3, 0.4) is 0 Å². The van der Waals surface area contributed by atoms with E-state index in [2.05, 4.69) is 25.1 Å². The lowest BCUT2D eigenvalue weighted by Gasteiger charge is -2.25. The molecular weight excluding hydrogens is 515 g/mol. The quantitative estimate of drug-likeness (QED) is 0.262. The average molecular weight is 548 g/mol. The summed E-state index contributed by atoms with van der Waals surface area (Å²) in [7, 11) is -1.94. The summed E-state index contributed by atoms with van der Waals surface area (Å²) in [6.45, 7) is 7.51. The van der Waals surface area contributed by atoms with Crippen LogP contribution in [0.5, 0.6) is 0 Å². The van der Waals surface area contributed by atoms with Crippen molar-refractivity contribution in [1.82, 2.24) is 29.7 Å². The summed E-state index contributed by atoms with van der Waals surface area (Å²) in [6.07, 6.45) is -1.49. The summed E-state index contributed by atoms with van der Waals surface area (Å²) in [5, 5.41) is 5.64. The summed E-state index contributed by atoms with van der Waals surface area (Å²) < 4.78 is 52.7. The Morgan fingerprint density at radius 1 is 1.22 bits per heavy atom. The van der Waals surface area contributed by atoms with E-state index in [1.54, 1.807) is 27.7 Å². The van der Waals surface area contributed by atoms with Crippen LogP contribution in [0.15, 0.2) is 12.7 Å². The first-order valence-electron chi connectivity index (χ1n) is 11.7. The highest BCUT2D eigenvalue weighted by atomic mass is 31.2. The number of carbonyl (C=O) groups excluding carboxylic acids is 2. The molecule has 2 aromatic rings. The van der Waals surface area contributed by atoms with Crippen LogP contribution in [0, 0.1) is 0 Å². The number of hydrogen-bond acceptors (Lipinski definition) is 12. The van der Waals surface area contributed by atoms with Gasteiger partial charge in [-0.3, -0.25) is 14.2 Å². The number of carbonyl (C=O) groups is 2. The fourth-order valence-corrected chi connectivity index (χ4v) is 4.65. The molecule has 0 bridgehead atoms. The third-order valence-electron chi connectivity index (χ3n) is 5.04. The summed E-state index contributed by atoms with van der Waals surface area (Å²) in [6, 6.07) is -0.845. The molecule has 0 saturated carbocycles. The van der Waals surface area contributed by atoms with E-state index in [-0.39, 0.29) is 35.7 Å². The Bertz CT molecular complexity index is 1090. The van der Waals surface area contributed by atoms with Crippen LogP contribution in [0.2, 0.25) is 0 Å². The van der Waals surface area contributed by atoms with Gasteiger partial charge < -0.3 is 24.5 Å². The van der Waals surface area contributed by atoms with Gasteiger partial charge >= 0.3 is 11.9 Å². The van der Waals surface area contributed by atoms with Crippen LogP contribution >= 0.6 is 8.45 Å². The van der Waals surface area contributed by atoms with E-state index >= 15 is 0 Å². The smallest absolute Gasteiger partial charge is 0.323 e. The Kier molecular flexibility index (Phi) is 9.64. The number of anilines is 1. The molecule has 206 valence electrons. The van der Waals surface area contributed by atoms with Crippen LogP contribution in [0.1, 0.15) is 47.3 Å². The minimum atomic E-state index is -3.25. The van der Waals surface area contributed by atoms with Crippen LogP contribution in [-0.4, -0.2) is 74.9 Å². The lowest BCUT2D eigenvalue weighted by molar-refractivity contribution is -0.149. The number of aromatic nitrogens is 4. The van der Waals surface area contributed by atoms with Crippen molar-refractivity contribution in [3.63, 3.8) is 0 Å². The van der Waals surface area contributed by atoms with E-state index in [0.29, 0.717) is 0 Å². The fraction of sp³-hybridized carbons (Fsp3) is 0.667. The normalized spacial score (nSPS) is 20.9. The molecule has 1 fully saturated rings. The molecule has 4 N–H and O–H groups in total. The van der Waals surface area contributed by atoms with Gasteiger partial charge in [0.05, 0.1) is 31.6 Å². The van der Waals surface area contributed by atoms with Gasteiger partial charge in [-0.25, -0.2) is 33.9 Å². The van der Waals surface area contributed by atoms with Gasteiger partial charge in [-0.15, -0.1) is 0 Å². The SMILES string of the molecule is CC(C)OC(=O)CNP(NC(C)C(=O)OC(C)C)OCC1OC(n2cnc3c(N)ncnc32)CC1(F)F. The maximum atomic E-state index is 14.9. The highest BCUT2D eigenvalue weighted by molar-refractivity contribution is 7.48. The second-order valence-electron chi connectivity index (χ2n) is 8.93. The van der Waals surface area contributed by atoms with Crippen molar-refractivity contribution in [2.45, 2.75) is 77.5 Å². The number of halogens is 2. The number of imidazole rings is 1. The lowest BCUT2D eigenvalue weighted by atomic mass is 10.2. The molecule has 0 spiro atoms. The highest BCUT2D eigenvalue weighted by Crippen LogP contribution is 2.43. The first kappa shape index (κ1) is 29.0. The maximum absolute atomic E-state index is 14.9. The maximum Gasteiger partial charge on any atom is 0.323 e. The molecule has 0 radical (unpaired) electrons. The number of hydrogen-bond donors (Lipinski definition) is 3. The largest absolute Gasteiger partial charge is 0.462 e. The highest BCUT2D eigenvalue weighted by Gasteiger charge is 2.51. The van der Waals surface area contributed by atoms with Crippen molar-refractivity contribution < 1.29 is 37.1 Å². The Balaban J connectivity index is 1.67. The molecule has 1 aliphatic heterocycles. The van der Waals surface area contributed by atoms with Gasteiger partial charge in [0.1, 0.15) is 36.8 Å². The number of ether oxygens (including phenoxy) is 3. The zero-order valence-corrected chi connectivity index (χ0v) is 22.1. The van der Waals surface area contributed by atoms with Gasteiger partial charge in [-0.1, -0.05) is 0 Å². The number of esters is 2. The van der Waals surface area contributed by atoms with Crippen LogP contribution in [0.25, 0.3) is 11.2 Å². The molecule has 1 saturated heterocycles. The molecule has 3 heterocycles. The van der Waals surface area contributed by atoms with Crippen LogP contribution < -0.4 is 15.9 Å². The van der Waals surface area contributed by atoms with E-state index in [0.717, 1.165) is 0 Å². The molecule has 4 atom stereocenters. The minimum absolute atomic E-state index is 0.122. The molecular formula is C21H32F2N7O6P. The zero-order chi connectivity index (χ0) is 27.3. The van der Waals surface area contributed by atoms with Crippen molar-refractivity contribution >= 4 is 37.4 Å². The second kappa shape index (κ2) is 12.3. The van der Waals surface area contributed by atoms with E-state index < -0.39 is 57.7 Å². The standard InChI is InChI=1S/C21H32F2N7O6P/c1-11(2)34-16(31)7-28-37(29-13(5)20(32)35-12(3)4)33-8-14-21(22,23)6-15(36-14)30-10-27-17-18(24)25-9-26-19(17)30/h9-15,28-29H,6-8H2,1-5H3,(H2,24,25,26). The molecule has 2 aromatic heterocycles. The average Bonchev–Trinajstić information content (AvgIpc) is 3.35. The molecule has 37 heavy (non-hydrogen) atoms. The second-order valence-corrected chi connectivity index (χ2v) is 10.3. The summed E-state index contributed by atoms with van der Waals surface area (Å²) >= 11 is 0. The molecule has 16 heteroatoms. The molecule has 0 aliphatic carbocycles. The van der Waals surface area contributed by atoms with Crippen molar-refractivity contribution in [2.75, 3.05) is 18.9 Å². The first-order valence-corrected chi connectivity index (χ1v) is 12.9. The topological polar surface area (TPSA) is 165 Å². The number of rotatable bonds is 12. The third kappa shape index (κ3) is 7.71. The first-order chi connectivity index (χ1) is 17.4. The molecule has 3 rings (SSSR count). The number of nitrogen functional groups attached to an aromatic ring is 1. The van der Waals surface area contributed by atoms with E-state index in [1.807, 2.05) is 0 Å². The molecule has 13 nitrogen and oxygen atoms in total. The predicted molar refractivity (Wildman–Crippen MR) is 129 cm³/mol. The van der Waals surface area contributed by atoms with Crippen LogP contribution in [-0.2, 0) is 28.3 Å². The van der Waals surface area contributed by atoms with Gasteiger partial charge in [0, 0.05) is 0 Å². The number of fused-ring (bicyclic) bond motifs is 1. The fourth-order valence-electron chi connectivity index (χ4n) is 3.38. The molecule has 1 aliphatic rings. The molecule has 0 amide bonds. The summed E-state index contributed by atoms with van der Waals surface area (Å²) in [5.74, 6) is -4.26. The van der Waals surface area contributed by atoms with Gasteiger partial charge in [0.25, 0.3) is 5.92 Å². The Morgan fingerprint density at radius 3 is 2.59 bits per heavy atom. The number of nitrogens with zero attached hydrogens (tertiary/aromatic N) is 4. The Labute approximate surface area is 213 Å². The zero-order valence-electron chi connectivity index (χ0n) is 21.2. The Hall–Kier alpha value is -2.58. The van der Waals surface area contributed by atoms with Crippen molar-refractivity contribution in [1.29, 1.82) is 0 Å². The lowest BCUT2D eigenvalue weighted by Crippen LogP contribution is -2.39. The Morgan fingerprint density at radius 2 is 1.92 bits per heavy atom. The monoisotopic (exact) mass is 547 g/mol. The molecule has 0 aromatic carbocycles. The summed E-state index contributed by atoms with van der Waals surface area (Å²) in [5.41, 5.74) is 6.32. The van der Waals surface area contributed by atoms with Crippen molar-refractivity contribution in [2.24, 2.45) is 0 Å². The number of alkyl halides is 2. The predicted octanol–water partition coefficient (Wildman–Crippen LogP) is 2.05. The van der Waals surface area contributed by atoms with Crippen molar-refractivity contribution in [3.8, 4) is 0 Å². The van der Waals surface area contributed by atoms with Gasteiger partial charge in [0.15, 0.2) is 19.9 Å². The van der Waals surface area contributed by atoms with Gasteiger partial charge in [-0.2, -0.15) is 0 Å². The van der Waals surface area contributed by atoms with E-state index in [4.69, 9.17) is 24.5 Å². The van der Waals surface area contributed by atoms with E-state index in [1.165, 1.54) is 24.1 Å².